The summed E-state index contributed by atoms with van der Waals surface area (Å²) in [5.74, 6) is 0.0174. The molecule has 0 heterocycles. The molecule has 1 N–H and O–H groups in total. The van der Waals surface area contributed by atoms with Gasteiger partial charge in [-0.3, -0.25) is 4.79 Å². The Morgan fingerprint density at radius 1 is 1.00 bits per heavy atom. The van der Waals surface area contributed by atoms with Gasteiger partial charge in [-0.2, -0.15) is 0 Å². The van der Waals surface area contributed by atoms with Crippen molar-refractivity contribution in [2.45, 2.75) is 32.7 Å². The maximum Gasteiger partial charge on any atom is 0.251 e. The molecule has 0 spiro atoms. The number of amides is 1. The van der Waals surface area contributed by atoms with Gasteiger partial charge in [0.25, 0.3) is 5.91 Å². The van der Waals surface area contributed by atoms with Crippen LogP contribution in [-0.4, -0.2) is 30.9 Å². The lowest BCUT2D eigenvalue weighted by molar-refractivity contribution is 0.0952. The van der Waals surface area contributed by atoms with Crippen LogP contribution >= 0.6 is 0 Å². The van der Waals surface area contributed by atoms with Crippen molar-refractivity contribution >= 4 is 5.91 Å². The van der Waals surface area contributed by atoms with Crippen molar-refractivity contribution in [1.82, 2.24) is 10.2 Å². The van der Waals surface area contributed by atoms with Gasteiger partial charge < -0.3 is 10.2 Å². The van der Waals surface area contributed by atoms with Crippen molar-refractivity contribution < 1.29 is 4.79 Å². The summed E-state index contributed by atoms with van der Waals surface area (Å²) in [6.07, 6.45) is 3.14. The monoisotopic (exact) mass is 324 g/mol. The molecule has 2 rings (SSSR count). The maximum atomic E-state index is 12.1. The molecule has 2 aromatic rings. The molecule has 0 fully saturated rings. The molecule has 0 saturated carbocycles. The van der Waals surface area contributed by atoms with Crippen LogP contribution in [0.4, 0.5) is 0 Å². The smallest absolute Gasteiger partial charge is 0.251 e. The predicted octanol–water partition coefficient (Wildman–Crippen LogP) is 3.89. The first kappa shape index (κ1) is 18.2. The number of carbonyl (C=O) groups is 1. The third-order valence-corrected chi connectivity index (χ3v) is 4.05. The van der Waals surface area contributed by atoms with E-state index < -0.39 is 0 Å². The number of hydrogen-bond acceptors (Lipinski definition) is 2. The lowest BCUT2D eigenvalue weighted by Gasteiger charge is -2.16. The zero-order valence-electron chi connectivity index (χ0n) is 14.8. The molecule has 3 nitrogen and oxygen atoms in total. The number of hydrogen-bond donors (Lipinski definition) is 1. The SMILES string of the molecule is CCCc1ccc(C(=O)NCCCN(C)Cc2ccccc2)cc1. The third kappa shape index (κ3) is 6.17. The lowest BCUT2D eigenvalue weighted by atomic mass is 10.1. The van der Waals surface area contributed by atoms with Gasteiger partial charge in [-0.05, 0) is 49.7 Å². The summed E-state index contributed by atoms with van der Waals surface area (Å²) in [5, 5.41) is 3.00. The van der Waals surface area contributed by atoms with E-state index in [2.05, 4.69) is 48.5 Å². The molecule has 0 aliphatic carbocycles. The number of nitrogens with one attached hydrogen (secondary N) is 1. The summed E-state index contributed by atoms with van der Waals surface area (Å²) in [6, 6.07) is 18.4. The highest BCUT2D eigenvalue weighted by molar-refractivity contribution is 5.94. The Kier molecular flexibility index (Phi) is 7.50. The van der Waals surface area contributed by atoms with Crippen molar-refractivity contribution in [3.05, 3.63) is 71.3 Å². The third-order valence-electron chi connectivity index (χ3n) is 4.05. The summed E-state index contributed by atoms with van der Waals surface area (Å²) >= 11 is 0. The molecule has 0 unspecified atom stereocenters. The second-order valence-electron chi connectivity index (χ2n) is 6.28. The first-order chi connectivity index (χ1) is 11.7. The second kappa shape index (κ2) is 9.89. The molecular formula is C21H28N2O. The Morgan fingerprint density at radius 2 is 1.71 bits per heavy atom. The fraction of sp³-hybridized carbons (Fsp3) is 0.381. The topological polar surface area (TPSA) is 32.3 Å². The van der Waals surface area contributed by atoms with Crippen LogP contribution in [0, 0.1) is 0 Å². The Morgan fingerprint density at radius 3 is 2.38 bits per heavy atom. The second-order valence-corrected chi connectivity index (χ2v) is 6.28. The van der Waals surface area contributed by atoms with Gasteiger partial charge in [0.2, 0.25) is 0 Å². The maximum absolute atomic E-state index is 12.1. The number of benzene rings is 2. The molecule has 0 aliphatic rings. The largest absolute Gasteiger partial charge is 0.352 e. The van der Waals surface area contributed by atoms with Crippen LogP contribution in [0.5, 0.6) is 0 Å². The first-order valence-electron chi connectivity index (χ1n) is 8.78. The zero-order valence-corrected chi connectivity index (χ0v) is 14.8. The minimum Gasteiger partial charge on any atom is -0.352 e. The van der Waals surface area contributed by atoms with Crippen LogP contribution in [0.15, 0.2) is 54.6 Å². The standard InChI is InChI=1S/C21H28N2O/c1-3-8-18-11-13-20(14-12-18)21(24)22-15-7-16-23(2)17-19-9-5-4-6-10-19/h4-6,9-14H,3,7-8,15-17H2,1-2H3,(H,22,24). The Labute approximate surface area is 145 Å². The van der Waals surface area contributed by atoms with Gasteiger partial charge in [0, 0.05) is 18.7 Å². The fourth-order valence-electron chi connectivity index (χ4n) is 2.74. The van der Waals surface area contributed by atoms with Gasteiger partial charge in [0.15, 0.2) is 0 Å². The molecule has 0 saturated heterocycles. The number of carbonyl (C=O) groups excluding carboxylic acids is 1. The van der Waals surface area contributed by atoms with Crippen molar-refractivity contribution in [3.8, 4) is 0 Å². The Balaban J connectivity index is 1.67. The quantitative estimate of drug-likeness (QED) is 0.710. The van der Waals surface area contributed by atoms with Crippen molar-refractivity contribution in [1.29, 1.82) is 0 Å². The lowest BCUT2D eigenvalue weighted by Crippen LogP contribution is -2.28. The minimum atomic E-state index is 0.0174. The minimum absolute atomic E-state index is 0.0174. The molecule has 128 valence electrons. The molecule has 0 atom stereocenters. The molecule has 0 aromatic heterocycles. The number of rotatable bonds is 9. The molecule has 0 aliphatic heterocycles. The molecule has 3 heteroatoms. The van der Waals surface area contributed by atoms with Gasteiger partial charge in [-0.25, -0.2) is 0 Å². The summed E-state index contributed by atoms with van der Waals surface area (Å²) in [6.45, 7) is 4.77. The van der Waals surface area contributed by atoms with E-state index in [1.165, 1.54) is 11.1 Å². The van der Waals surface area contributed by atoms with Crippen LogP contribution < -0.4 is 5.32 Å². The van der Waals surface area contributed by atoms with E-state index in [0.29, 0.717) is 6.54 Å². The fourth-order valence-corrected chi connectivity index (χ4v) is 2.74. The number of aryl methyl sites for hydroxylation is 1. The number of nitrogens with zero attached hydrogens (tertiary/aromatic N) is 1. The van der Waals surface area contributed by atoms with Gasteiger partial charge in [0.1, 0.15) is 0 Å². The Hall–Kier alpha value is -2.13. The van der Waals surface area contributed by atoms with E-state index in [9.17, 15) is 4.79 Å². The van der Waals surface area contributed by atoms with Crippen LogP contribution in [0.3, 0.4) is 0 Å². The molecular weight excluding hydrogens is 296 g/mol. The van der Waals surface area contributed by atoms with E-state index >= 15 is 0 Å². The van der Waals surface area contributed by atoms with Crippen molar-refractivity contribution in [2.75, 3.05) is 20.1 Å². The average Bonchev–Trinajstić information content (AvgIpc) is 2.60. The normalized spacial score (nSPS) is 10.8. The highest BCUT2D eigenvalue weighted by atomic mass is 16.1. The Bertz CT molecular complexity index is 607. The van der Waals surface area contributed by atoms with E-state index in [1.54, 1.807) is 0 Å². The molecule has 2 aromatic carbocycles. The van der Waals surface area contributed by atoms with Crippen molar-refractivity contribution in [2.24, 2.45) is 0 Å². The van der Waals surface area contributed by atoms with E-state index in [-0.39, 0.29) is 5.91 Å². The summed E-state index contributed by atoms with van der Waals surface area (Å²) in [7, 11) is 2.11. The summed E-state index contributed by atoms with van der Waals surface area (Å²) in [5.41, 5.74) is 3.35. The highest BCUT2D eigenvalue weighted by Gasteiger charge is 2.05. The molecule has 24 heavy (non-hydrogen) atoms. The molecule has 0 radical (unpaired) electrons. The summed E-state index contributed by atoms with van der Waals surface area (Å²) < 4.78 is 0. The van der Waals surface area contributed by atoms with Crippen LogP contribution in [0.2, 0.25) is 0 Å². The van der Waals surface area contributed by atoms with E-state index in [1.807, 2.05) is 30.3 Å². The average molecular weight is 324 g/mol. The zero-order chi connectivity index (χ0) is 17.2. The van der Waals surface area contributed by atoms with Gasteiger partial charge in [-0.1, -0.05) is 55.8 Å². The van der Waals surface area contributed by atoms with Gasteiger partial charge in [0.05, 0.1) is 0 Å². The predicted molar refractivity (Wildman–Crippen MR) is 100 cm³/mol. The molecule has 1 amide bonds. The van der Waals surface area contributed by atoms with Gasteiger partial charge >= 0.3 is 0 Å². The van der Waals surface area contributed by atoms with Crippen LogP contribution in [0.25, 0.3) is 0 Å². The highest BCUT2D eigenvalue weighted by Crippen LogP contribution is 2.07. The first-order valence-corrected chi connectivity index (χ1v) is 8.78. The van der Waals surface area contributed by atoms with Crippen LogP contribution in [0.1, 0.15) is 41.3 Å². The summed E-state index contributed by atoms with van der Waals surface area (Å²) in [4.78, 5) is 14.4. The van der Waals surface area contributed by atoms with Gasteiger partial charge in [-0.15, -0.1) is 0 Å². The van der Waals surface area contributed by atoms with E-state index in [0.717, 1.165) is 37.9 Å². The molecule has 0 bridgehead atoms. The van der Waals surface area contributed by atoms with Crippen molar-refractivity contribution in [3.63, 3.8) is 0 Å². The van der Waals surface area contributed by atoms with Crippen LogP contribution in [-0.2, 0) is 13.0 Å². The van der Waals surface area contributed by atoms with E-state index in [4.69, 9.17) is 0 Å².